The summed E-state index contributed by atoms with van der Waals surface area (Å²) in [5.74, 6) is 0.648. The lowest BCUT2D eigenvalue weighted by Crippen LogP contribution is -2.39. The topological polar surface area (TPSA) is 53.6 Å². The van der Waals surface area contributed by atoms with E-state index in [1.165, 1.54) is 11.3 Å². The number of rotatable bonds is 5. The molecule has 0 bridgehead atoms. The SMILES string of the molecule is COc1ccccc1NC(=O)NCCN1c2ccccc2CC1C. The second kappa shape index (κ2) is 7.25. The smallest absolute Gasteiger partial charge is 0.319 e. The third kappa shape index (κ3) is 3.45. The lowest BCUT2D eigenvalue weighted by molar-refractivity contribution is 0.252. The van der Waals surface area contributed by atoms with Crippen LogP contribution in [-0.2, 0) is 6.42 Å². The number of hydrogen-bond donors (Lipinski definition) is 2. The number of nitrogens with zero attached hydrogens (tertiary/aromatic N) is 1. The van der Waals surface area contributed by atoms with Gasteiger partial charge in [-0.05, 0) is 37.1 Å². The predicted octanol–water partition coefficient (Wildman–Crippen LogP) is 3.27. The Labute approximate surface area is 142 Å². The fourth-order valence-electron chi connectivity index (χ4n) is 3.17. The Balaban J connectivity index is 1.52. The quantitative estimate of drug-likeness (QED) is 0.887. The number of carbonyl (C=O) groups is 1. The number of ether oxygens (including phenoxy) is 1. The molecule has 5 nitrogen and oxygen atoms in total. The second-order valence-corrected chi connectivity index (χ2v) is 5.96. The van der Waals surface area contributed by atoms with Crippen molar-refractivity contribution in [2.45, 2.75) is 19.4 Å². The molecule has 1 atom stereocenters. The first-order valence-corrected chi connectivity index (χ1v) is 8.21. The molecule has 1 aliphatic heterocycles. The maximum atomic E-state index is 12.1. The van der Waals surface area contributed by atoms with Crippen LogP contribution in [0.1, 0.15) is 12.5 Å². The summed E-state index contributed by atoms with van der Waals surface area (Å²) in [5.41, 5.74) is 3.32. The molecule has 0 aliphatic carbocycles. The van der Waals surface area contributed by atoms with Crippen molar-refractivity contribution in [3.8, 4) is 5.75 Å². The Kier molecular flexibility index (Phi) is 4.89. The molecule has 0 aromatic heterocycles. The molecule has 2 amide bonds. The van der Waals surface area contributed by atoms with Gasteiger partial charge in [-0.25, -0.2) is 4.79 Å². The van der Waals surface area contributed by atoms with E-state index in [0.29, 0.717) is 24.0 Å². The summed E-state index contributed by atoms with van der Waals surface area (Å²) in [6.07, 6.45) is 1.06. The summed E-state index contributed by atoms with van der Waals surface area (Å²) in [4.78, 5) is 14.4. The van der Waals surface area contributed by atoms with Gasteiger partial charge in [0.2, 0.25) is 0 Å². The molecule has 0 fully saturated rings. The fraction of sp³-hybridized carbons (Fsp3) is 0.316. The predicted molar refractivity (Wildman–Crippen MR) is 97.0 cm³/mol. The van der Waals surface area contributed by atoms with Crippen LogP contribution in [0.4, 0.5) is 16.2 Å². The first-order chi connectivity index (χ1) is 11.7. The van der Waals surface area contributed by atoms with Crippen LogP contribution in [0, 0.1) is 0 Å². The van der Waals surface area contributed by atoms with Crippen molar-refractivity contribution in [3.63, 3.8) is 0 Å². The van der Waals surface area contributed by atoms with Crippen LogP contribution >= 0.6 is 0 Å². The number of nitrogens with one attached hydrogen (secondary N) is 2. The van der Waals surface area contributed by atoms with Crippen molar-refractivity contribution in [1.82, 2.24) is 5.32 Å². The lowest BCUT2D eigenvalue weighted by Gasteiger charge is -2.25. The highest BCUT2D eigenvalue weighted by atomic mass is 16.5. The zero-order valence-electron chi connectivity index (χ0n) is 14.1. The van der Waals surface area contributed by atoms with Gasteiger partial charge in [-0.15, -0.1) is 0 Å². The number of benzene rings is 2. The fourth-order valence-corrected chi connectivity index (χ4v) is 3.17. The third-order valence-corrected chi connectivity index (χ3v) is 4.34. The van der Waals surface area contributed by atoms with Gasteiger partial charge in [0.25, 0.3) is 0 Å². The van der Waals surface area contributed by atoms with Gasteiger partial charge in [-0.3, -0.25) is 0 Å². The number of anilines is 2. The van der Waals surface area contributed by atoms with Gasteiger partial charge in [0, 0.05) is 24.8 Å². The highest BCUT2D eigenvalue weighted by molar-refractivity contribution is 5.90. The summed E-state index contributed by atoms with van der Waals surface area (Å²) in [7, 11) is 1.59. The van der Waals surface area contributed by atoms with E-state index in [0.717, 1.165) is 13.0 Å². The van der Waals surface area contributed by atoms with Gasteiger partial charge in [0.15, 0.2) is 0 Å². The molecular weight excluding hydrogens is 302 g/mol. The third-order valence-electron chi connectivity index (χ3n) is 4.34. The Bertz CT molecular complexity index is 717. The molecule has 0 saturated heterocycles. The van der Waals surface area contributed by atoms with Gasteiger partial charge in [-0.1, -0.05) is 30.3 Å². The number of hydrogen-bond acceptors (Lipinski definition) is 3. The maximum Gasteiger partial charge on any atom is 0.319 e. The number of fused-ring (bicyclic) bond motifs is 1. The number of urea groups is 1. The van der Waals surface area contributed by atoms with E-state index in [2.05, 4.69) is 46.7 Å². The van der Waals surface area contributed by atoms with Gasteiger partial charge < -0.3 is 20.3 Å². The molecule has 3 rings (SSSR count). The molecule has 2 N–H and O–H groups in total. The first-order valence-electron chi connectivity index (χ1n) is 8.21. The van der Waals surface area contributed by atoms with E-state index < -0.39 is 0 Å². The van der Waals surface area contributed by atoms with E-state index in [-0.39, 0.29) is 6.03 Å². The highest BCUT2D eigenvalue weighted by Gasteiger charge is 2.24. The summed E-state index contributed by atoms with van der Waals surface area (Å²) in [6.45, 7) is 3.59. The molecule has 2 aromatic rings. The lowest BCUT2D eigenvalue weighted by atomic mass is 10.1. The Morgan fingerprint density at radius 3 is 2.79 bits per heavy atom. The average molecular weight is 325 g/mol. The minimum atomic E-state index is -0.223. The molecule has 1 aliphatic rings. The van der Waals surface area contributed by atoms with Gasteiger partial charge in [0.05, 0.1) is 12.8 Å². The standard InChI is InChI=1S/C19H23N3O2/c1-14-13-15-7-3-5-9-17(15)22(14)12-11-20-19(23)21-16-8-4-6-10-18(16)24-2/h3-10,14H,11-13H2,1-2H3,(H2,20,21,23). The normalized spacial score (nSPS) is 15.8. The number of amides is 2. The zero-order valence-corrected chi connectivity index (χ0v) is 14.1. The van der Waals surface area contributed by atoms with E-state index in [1.807, 2.05) is 24.3 Å². The minimum absolute atomic E-state index is 0.223. The number of methoxy groups -OCH3 is 1. The Hall–Kier alpha value is -2.69. The summed E-state index contributed by atoms with van der Waals surface area (Å²) in [6, 6.07) is 16.1. The molecule has 1 unspecified atom stereocenters. The van der Waals surface area contributed by atoms with Gasteiger partial charge >= 0.3 is 6.03 Å². The first kappa shape index (κ1) is 16.2. The van der Waals surface area contributed by atoms with Crippen LogP contribution in [-0.4, -0.2) is 32.3 Å². The molecular formula is C19H23N3O2. The van der Waals surface area contributed by atoms with Crippen LogP contribution in [0.15, 0.2) is 48.5 Å². The van der Waals surface area contributed by atoms with E-state index in [1.54, 1.807) is 7.11 Å². The second-order valence-electron chi connectivity index (χ2n) is 5.96. The number of carbonyl (C=O) groups excluding carboxylic acids is 1. The van der Waals surface area contributed by atoms with Gasteiger partial charge in [0.1, 0.15) is 5.75 Å². The van der Waals surface area contributed by atoms with Crippen LogP contribution in [0.25, 0.3) is 0 Å². The Morgan fingerprint density at radius 2 is 1.96 bits per heavy atom. The average Bonchev–Trinajstić information content (AvgIpc) is 2.91. The van der Waals surface area contributed by atoms with E-state index >= 15 is 0 Å². The van der Waals surface area contributed by atoms with Crippen LogP contribution < -0.4 is 20.3 Å². The van der Waals surface area contributed by atoms with Crippen molar-refractivity contribution < 1.29 is 9.53 Å². The molecule has 0 spiro atoms. The van der Waals surface area contributed by atoms with Crippen LogP contribution in [0.3, 0.4) is 0 Å². The van der Waals surface area contributed by atoms with Crippen LogP contribution in [0.5, 0.6) is 5.75 Å². The Morgan fingerprint density at radius 1 is 1.21 bits per heavy atom. The summed E-state index contributed by atoms with van der Waals surface area (Å²) < 4.78 is 5.23. The molecule has 24 heavy (non-hydrogen) atoms. The van der Waals surface area contributed by atoms with Crippen molar-refractivity contribution in [1.29, 1.82) is 0 Å². The van der Waals surface area contributed by atoms with Crippen LogP contribution in [0.2, 0.25) is 0 Å². The molecule has 1 heterocycles. The van der Waals surface area contributed by atoms with E-state index in [9.17, 15) is 4.79 Å². The number of para-hydroxylation sites is 3. The minimum Gasteiger partial charge on any atom is -0.495 e. The van der Waals surface area contributed by atoms with Crippen molar-refractivity contribution >= 4 is 17.4 Å². The largest absolute Gasteiger partial charge is 0.495 e. The molecule has 126 valence electrons. The molecule has 2 aromatic carbocycles. The zero-order chi connectivity index (χ0) is 16.9. The monoisotopic (exact) mass is 325 g/mol. The van der Waals surface area contributed by atoms with Crippen molar-refractivity contribution in [2.24, 2.45) is 0 Å². The van der Waals surface area contributed by atoms with Crippen molar-refractivity contribution in [2.75, 3.05) is 30.4 Å². The maximum absolute atomic E-state index is 12.1. The molecule has 0 saturated carbocycles. The van der Waals surface area contributed by atoms with Crippen molar-refractivity contribution in [3.05, 3.63) is 54.1 Å². The van der Waals surface area contributed by atoms with E-state index in [4.69, 9.17) is 4.74 Å². The molecule has 5 heteroatoms. The molecule has 0 radical (unpaired) electrons. The highest BCUT2D eigenvalue weighted by Crippen LogP contribution is 2.31. The summed E-state index contributed by atoms with van der Waals surface area (Å²) in [5, 5.41) is 5.74. The van der Waals surface area contributed by atoms with Gasteiger partial charge in [-0.2, -0.15) is 0 Å². The summed E-state index contributed by atoms with van der Waals surface area (Å²) >= 11 is 0.